The molecule has 0 aromatic carbocycles. The second kappa shape index (κ2) is 7.02. The number of hydrogen-bond acceptors (Lipinski definition) is 4. The molecule has 0 rings (SSSR count). The predicted molar refractivity (Wildman–Crippen MR) is 44.7 cm³/mol. The van der Waals surface area contributed by atoms with Crippen LogP contribution in [0.5, 0.6) is 0 Å². The van der Waals surface area contributed by atoms with Gasteiger partial charge in [0.15, 0.2) is 0 Å². The molecule has 5 heteroatoms. The Hall–Kier alpha value is -0.650. The summed E-state index contributed by atoms with van der Waals surface area (Å²) in [7, 11) is 3.07. The smallest absolute Gasteiger partial charge is 0.239 e. The Kier molecular flexibility index (Phi) is 6.64. The first kappa shape index (κ1) is 11.4. The Morgan fingerprint density at radius 1 is 1.50 bits per heavy atom. The number of hydrogen-bond donors (Lipinski definition) is 2. The van der Waals surface area contributed by atoms with Gasteiger partial charge in [-0.15, -0.1) is 0 Å². The van der Waals surface area contributed by atoms with Crippen molar-refractivity contribution in [2.45, 2.75) is 6.04 Å². The molecule has 0 bridgehead atoms. The van der Waals surface area contributed by atoms with Crippen molar-refractivity contribution < 1.29 is 14.3 Å². The van der Waals surface area contributed by atoms with Gasteiger partial charge in [0.1, 0.15) is 6.04 Å². The second-order valence-corrected chi connectivity index (χ2v) is 2.35. The lowest BCUT2D eigenvalue weighted by Crippen LogP contribution is -2.44. The van der Waals surface area contributed by atoms with Crippen molar-refractivity contribution in [1.82, 2.24) is 5.32 Å². The highest BCUT2D eigenvalue weighted by Crippen LogP contribution is 1.79. The fourth-order valence-corrected chi connectivity index (χ4v) is 0.663. The third-order valence-corrected chi connectivity index (χ3v) is 1.29. The summed E-state index contributed by atoms with van der Waals surface area (Å²) >= 11 is 0. The molecule has 0 aliphatic heterocycles. The van der Waals surface area contributed by atoms with Crippen LogP contribution in [0.25, 0.3) is 0 Å². The summed E-state index contributed by atoms with van der Waals surface area (Å²) in [5.41, 5.74) is 5.43. The summed E-state index contributed by atoms with van der Waals surface area (Å²) in [6.07, 6.45) is 0. The lowest BCUT2D eigenvalue weighted by molar-refractivity contribution is -0.123. The molecule has 1 unspecified atom stereocenters. The fraction of sp³-hybridized carbons (Fsp3) is 0.857. The van der Waals surface area contributed by atoms with Crippen LogP contribution in [0.2, 0.25) is 0 Å². The molecule has 0 aromatic rings. The molecule has 1 atom stereocenters. The third kappa shape index (κ3) is 5.06. The van der Waals surface area contributed by atoms with Gasteiger partial charge in [0, 0.05) is 20.8 Å². The zero-order chi connectivity index (χ0) is 9.40. The van der Waals surface area contributed by atoms with Gasteiger partial charge in [0.05, 0.1) is 13.2 Å². The van der Waals surface area contributed by atoms with Crippen molar-refractivity contribution in [3.63, 3.8) is 0 Å². The van der Waals surface area contributed by atoms with Crippen molar-refractivity contribution in [3.05, 3.63) is 0 Å². The molecular weight excluding hydrogens is 160 g/mol. The van der Waals surface area contributed by atoms with Gasteiger partial charge in [-0.1, -0.05) is 0 Å². The maximum atomic E-state index is 11.0. The molecule has 5 nitrogen and oxygen atoms in total. The molecule has 0 saturated carbocycles. The maximum absolute atomic E-state index is 11.0. The quantitative estimate of drug-likeness (QED) is 0.494. The molecule has 0 heterocycles. The number of rotatable bonds is 6. The number of nitrogens with two attached hydrogens (primary N) is 1. The van der Waals surface area contributed by atoms with E-state index in [4.69, 9.17) is 15.2 Å². The van der Waals surface area contributed by atoms with E-state index in [2.05, 4.69) is 5.32 Å². The van der Waals surface area contributed by atoms with E-state index in [1.54, 1.807) is 7.11 Å². The van der Waals surface area contributed by atoms with Gasteiger partial charge in [-0.2, -0.15) is 0 Å². The molecule has 72 valence electrons. The van der Waals surface area contributed by atoms with E-state index in [0.717, 1.165) is 0 Å². The lowest BCUT2D eigenvalue weighted by Gasteiger charge is -2.10. The number of ether oxygens (including phenoxy) is 2. The predicted octanol–water partition coefficient (Wildman–Crippen LogP) is -1.28. The molecule has 0 radical (unpaired) electrons. The molecule has 0 saturated heterocycles. The SMILES string of the molecule is COCCNC(=O)C(N)COC. The van der Waals surface area contributed by atoms with E-state index in [-0.39, 0.29) is 12.5 Å². The Bertz CT molecular complexity index is 130. The highest BCUT2D eigenvalue weighted by molar-refractivity contribution is 5.81. The lowest BCUT2D eigenvalue weighted by atomic mass is 10.3. The van der Waals surface area contributed by atoms with E-state index >= 15 is 0 Å². The first-order valence-electron chi connectivity index (χ1n) is 3.73. The van der Waals surface area contributed by atoms with Gasteiger partial charge < -0.3 is 20.5 Å². The molecule has 1 amide bonds. The number of carbonyl (C=O) groups excluding carboxylic acids is 1. The summed E-state index contributed by atoms with van der Waals surface area (Å²) < 4.78 is 9.46. The Balaban J connectivity index is 3.43. The van der Waals surface area contributed by atoms with Gasteiger partial charge >= 0.3 is 0 Å². The summed E-state index contributed by atoms with van der Waals surface area (Å²) in [5.74, 6) is -0.214. The molecule has 3 N–H and O–H groups in total. The van der Waals surface area contributed by atoms with E-state index in [1.807, 2.05) is 0 Å². The van der Waals surface area contributed by atoms with Crippen molar-refractivity contribution >= 4 is 5.91 Å². The average Bonchev–Trinajstić information content (AvgIpc) is 2.05. The van der Waals surface area contributed by atoms with Crippen molar-refractivity contribution in [1.29, 1.82) is 0 Å². The monoisotopic (exact) mass is 176 g/mol. The minimum atomic E-state index is -0.591. The summed E-state index contributed by atoms with van der Waals surface area (Å²) in [6.45, 7) is 1.21. The maximum Gasteiger partial charge on any atom is 0.239 e. The molecule has 0 aromatic heterocycles. The van der Waals surface area contributed by atoms with Crippen LogP contribution in [0.15, 0.2) is 0 Å². The van der Waals surface area contributed by atoms with Gasteiger partial charge in [0.25, 0.3) is 0 Å². The topological polar surface area (TPSA) is 73.6 Å². The van der Waals surface area contributed by atoms with E-state index in [9.17, 15) is 4.79 Å². The largest absolute Gasteiger partial charge is 0.383 e. The second-order valence-electron chi connectivity index (χ2n) is 2.35. The third-order valence-electron chi connectivity index (χ3n) is 1.29. The van der Waals surface area contributed by atoms with Crippen LogP contribution in [-0.4, -0.2) is 45.9 Å². The number of methoxy groups -OCH3 is 2. The van der Waals surface area contributed by atoms with E-state index in [0.29, 0.717) is 13.2 Å². The molecular formula is C7H16N2O3. The van der Waals surface area contributed by atoms with Gasteiger partial charge in [-0.25, -0.2) is 0 Å². The Labute approximate surface area is 72.2 Å². The molecule has 0 aliphatic rings. The first-order chi connectivity index (χ1) is 5.72. The minimum absolute atomic E-state index is 0.214. The van der Waals surface area contributed by atoms with Crippen LogP contribution < -0.4 is 11.1 Å². The number of carbonyl (C=O) groups is 1. The molecule has 0 aliphatic carbocycles. The van der Waals surface area contributed by atoms with Crippen LogP contribution >= 0.6 is 0 Å². The van der Waals surface area contributed by atoms with Gasteiger partial charge in [0.2, 0.25) is 5.91 Å². The molecule has 0 fully saturated rings. The van der Waals surface area contributed by atoms with Crippen LogP contribution in [-0.2, 0) is 14.3 Å². The van der Waals surface area contributed by atoms with Gasteiger partial charge in [-0.05, 0) is 0 Å². The van der Waals surface area contributed by atoms with Crippen LogP contribution in [0.4, 0.5) is 0 Å². The van der Waals surface area contributed by atoms with Crippen LogP contribution in [0, 0.1) is 0 Å². The normalized spacial score (nSPS) is 12.6. The summed E-state index contributed by atoms with van der Waals surface area (Å²) in [6, 6.07) is -0.591. The summed E-state index contributed by atoms with van der Waals surface area (Å²) in [5, 5.41) is 2.60. The standard InChI is InChI=1S/C7H16N2O3/c1-11-4-3-9-7(10)6(8)5-12-2/h6H,3-5,8H2,1-2H3,(H,9,10). The van der Waals surface area contributed by atoms with Crippen molar-refractivity contribution in [3.8, 4) is 0 Å². The number of nitrogens with one attached hydrogen (secondary N) is 1. The van der Waals surface area contributed by atoms with Crippen LogP contribution in [0.3, 0.4) is 0 Å². The molecule has 12 heavy (non-hydrogen) atoms. The number of amides is 1. The highest BCUT2D eigenvalue weighted by atomic mass is 16.5. The van der Waals surface area contributed by atoms with Crippen molar-refractivity contribution in [2.75, 3.05) is 34.0 Å². The average molecular weight is 176 g/mol. The fourth-order valence-electron chi connectivity index (χ4n) is 0.663. The van der Waals surface area contributed by atoms with Gasteiger partial charge in [-0.3, -0.25) is 4.79 Å². The minimum Gasteiger partial charge on any atom is -0.383 e. The zero-order valence-corrected chi connectivity index (χ0v) is 7.50. The molecule has 0 spiro atoms. The first-order valence-corrected chi connectivity index (χ1v) is 3.73. The van der Waals surface area contributed by atoms with Crippen LogP contribution in [0.1, 0.15) is 0 Å². The summed E-state index contributed by atoms with van der Waals surface area (Å²) in [4.78, 5) is 11.0. The highest BCUT2D eigenvalue weighted by Gasteiger charge is 2.11. The van der Waals surface area contributed by atoms with Crippen molar-refractivity contribution in [2.24, 2.45) is 5.73 Å². The van der Waals surface area contributed by atoms with E-state index in [1.165, 1.54) is 7.11 Å². The Morgan fingerprint density at radius 2 is 2.17 bits per heavy atom. The Morgan fingerprint density at radius 3 is 2.67 bits per heavy atom. The zero-order valence-electron chi connectivity index (χ0n) is 7.50. The van der Waals surface area contributed by atoms with E-state index < -0.39 is 6.04 Å².